The van der Waals surface area contributed by atoms with Crippen molar-refractivity contribution in [3.8, 4) is 10.4 Å². The normalized spacial score (nSPS) is 27.3. The van der Waals surface area contributed by atoms with Gasteiger partial charge in [-0.25, -0.2) is 9.18 Å². The Kier molecular flexibility index (Phi) is 5.48. The number of hydrogen-bond acceptors (Lipinski definition) is 4. The minimum Gasteiger partial charge on any atom is -0.302 e. The van der Waals surface area contributed by atoms with Gasteiger partial charge in [-0.05, 0) is 54.7 Å². The number of halogens is 4. The van der Waals surface area contributed by atoms with E-state index < -0.39 is 34.7 Å². The predicted molar refractivity (Wildman–Crippen MR) is 118 cm³/mol. The number of allylic oxidation sites excluding steroid dienone is 4. The molecule has 3 aliphatic rings. The summed E-state index contributed by atoms with van der Waals surface area (Å²) >= 11 is 1.42. The summed E-state index contributed by atoms with van der Waals surface area (Å²) in [6.07, 6.45) is 0.438. The van der Waals surface area contributed by atoms with E-state index in [9.17, 15) is 27.2 Å². The fourth-order valence-electron chi connectivity index (χ4n) is 5.46. The zero-order chi connectivity index (χ0) is 23.4. The Labute approximate surface area is 191 Å². The molecule has 2 fully saturated rings. The lowest BCUT2D eigenvalue weighted by Crippen LogP contribution is -2.33. The van der Waals surface area contributed by atoms with E-state index in [-0.39, 0.29) is 11.8 Å². The summed E-state index contributed by atoms with van der Waals surface area (Å²) in [6.45, 7) is 2.57. The van der Waals surface area contributed by atoms with E-state index >= 15 is 0 Å². The van der Waals surface area contributed by atoms with Crippen molar-refractivity contribution >= 4 is 11.3 Å². The molecule has 3 heterocycles. The second kappa shape index (κ2) is 8.09. The first-order valence-electron chi connectivity index (χ1n) is 10.9. The Hall–Kier alpha value is -2.46. The van der Waals surface area contributed by atoms with E-state index in [1.165, 1.54) is 15.9 Å². The maximum absolute atomic E-state index is 14.6. The van der Waals surface area contributed by atoms with Crippen molar-refractivity contribution in [2.24, 2.45) is 17.3 Å². The summed E-state index contributed by atoms with van der Waals surface area (Å²) in [5.41, 5.74) is -1.59. The Morgan fingerprint density at radius 1 is 1.24 bits per heavy atom. The van der Waals surface area contributed by atoms with E-state index in [0.29, 0.717) is 43.6 Å². The van der Waals surface area contributed by atoms with Crippen LogP contribution in [0.4, 0.5) is 17.6 Å². The first-order valence-corrected chi connectivity index (χ1v) is 11.8. The number of aromatic amines is 1. The molecule has 33 heavy (non-hydrogen) atoms. The molecule has 2 aromatic rings. The van der Waals surface area contributed by atoms with Crippen LogP contribution < -0.4 is 11.2 Å². The maximum atomic E-state index is 14.6. The fourth-order valence-corrected chi connectivity index (χ4v) is 6.19. The molecule has 0 bridgehead atoms. The molecule has 1 N–H and O–H groups in total. The van der Waals surface area contributed by atoms with Crippen molar-refractivity contribution < 1.29 is 17.6 Å². The highest BCUT2D eigenvalue weighted by Gasteiger charge is 2.64. The van der Waals surface area contributed by atoms with Crippen molar-refractivity contribution in [1.29, 1.82) is 0 Å². The van der Waals surface area contributed by atoms with Gasteiger partial charge in [0, 0.05) is 36.6 Å². The molecule has 0 spiro atoms. The van der Waals surface area contributed by atoms with Crippen LogP contribution in [-0.4, -0.2) is 40.3 Å². The highest BCUT2D eigenvalue weighted by Crippen LogP contribution is 2.65. The second-order valence-corrected chi connectivity index (χ2v) is 10.1. The van der Waals surface area contributed by atoms with E-state index in [0.717, 1.165) is 23.9 Å². The van der Waals surface area contributed by atoms with Crippen molar-refractivity contribution in [2.75, 3.05) is 19.6 Å². The van der Waals surface area contributed by atoms with Crippen LogP contribution in [-0.2, 0) is 6.54 Å². The third-order valence-electron chi connectivity index (χ3n) is 7.17. The van der Waals surface area contributed by atoms with E-state index in [1.807, 2.05) is 17.5 Å². The molecule has 0 unspecified atom stereocenters. The van der Waals surface area contributed by atoms with Crippen LogP contribution in [0.3, 0.4) is 0 Å². The van der Waals surface area contributed by atoms with Gasteiger partial charge in [0.1, 0.15) is 5.83 Å². The molecular weight excluding hydrogens is 458 g/mol. The summed E-state index contributed by atoms with van der Waals surface area (Å²) in [5, 5.41) is 1.86. The van der Waals surface area contributed by atoms with Crippen LogP contribution in [0.25, 0.3) is 10.4 Å². The SMILES string of the molecule is O=c1[nH]c(=O)n(CCCN2C[C@@H]3C[C@]3([C@@H]3CC=C(C(F)(F)F)C=C3F)C2)cc1-c1cccs1. The van der Waals surface area contributed by atoms with Gasteiger partial charge in [0.25, 0.3) is 5.56 Å². The number of aryl methyl sites for hydroxylation is 1. The summed E-state index contributed by atoms with van der Waals surface area (Å²) in [7, 11) is 0. The largest absolute Gasteiger partial charge is 0.416 e. The van der Waals surface area contributed by atoms with Crippen LogP contribution in [0, 0.1) is 17.3 Å². The van der Waals surface area contributed by atoms with Crippen LogP contribution >= 0.6 is 11.3 Å². The predicted octanol–water partition coefficient (Wildman–Crippen LogP) is 4.34. The fraction of sp³-hybridized carbons (Fsp3) is 0.478. The number of piperidine rings is 1. The molecule has 0 radical (unpaired) electrons. The lowest BCUT2D eigenvalue weighted by atomic mass is 9.81. The van der Waals surface area contributed by atoms with Gasteiger partial charge in [-0.1, -0.05) is 12.1 Å². The number of alkyl halides is 3. The first kappa shape index (κ1) is 22.3. The molecule has 176 valence electrons. The Balaban J connectivity index is 1.20. The van der Waals surface area contributed by atoms with Gasteiger partial charge in [0.05, 0.1) is 11.1 Å². The number of aromatic nitrogens is 2. The van der Waals surface area contributed by atoms with Crippen LogP contribution in [0.2, 0.25) is 0 Å². The Morgan fingerprint density at radius 3 is 2.76 bits per heavy atom. The molecule has 0 aromatic carbocycles. The lowest BCUT2D eigenvalue weighted by Gasteiger charge is -2.29. The van der Waals surface area contributed by atoms with E-state index in [2.05, 4.69) is 9.88 Å². The third-order valence-corrected chi connectivity index (χ3v) is 8.07. The van der Waals surface area contributed by atoms with Crippen molar-refractivity contribution in [2.45, 2.75) is 32.0 Å². The van der Waals surface area contributed by atoms with Crippen LogP contribution in [0.5, 0.6) is 0 Å². The Bertz CT molecular complexity index is 1230. The molecule has 5 rings (SSSR count). The average molecular weight is 482 g/mol. The van der Waals surface area contributed by atoms with Crippen molar-refractivity contribution in [1.82, 2.24) is 14.5 Å². The van der Waals surface area contributed by atoms with Crippen molar-refractivity contribution in [3.63, 3.8) is 0 Å². The smallest absolute Gasteiger partial charge is 0.302 e. The van der Waals surface area contributed by atoms with Crippen LogP contribution in [0.15, 0.2) is 56.9 Å². The number of rotatable bonds is 6. The zero-order valence-electron chi connectivity index (χ0n) is 17.7. The number of likely N-dealkylation sites (tertiary alicyclic amines) is 1. The molecule has 3 atom stereocenters. The van der Waals surface area contributed by atoms with Gasteiger partial charge in [-0.2, -0.15) is 13.2 Å². The first-order chi connectivity index (χ1) is 15.7. The molecule has 2 aliphatic carbocycles. The number of H-pyrrole nitrogens is 1. The molecule has 2 aromatic heterocycles. The highest BCUT2D eigenvalue weighted by atomic mass is 32.1. The quantitative estimate of drug-likeness (QED) is 0.625. The molecule has 1 saturated heterocycles. The maximum Gasteiger partial charge on any atom is 0.416 e. The number of nitrogens with one attached hydrogen (secondary N) is 1. The minimum absolute atomic E-state index is 0.0831. The molecule has 1 saturated carbocycles. The van der Waals surface area contributed by atoms with Gasteiger partial charge in [0.15, 0.2) is 0 Å². The zero-order valence-corrected chi connectivity index (χ0v) is 18.5. The van der Waals surface area contributed by atoms with Gasteiger partial charge >= 0.3 is 11.9 Å². The lowest BCUT2D eigenvalue weighted by molar-refractivity contribution is -0.0891. The van der Waals surface area contributed by atoms with Crippen LogP contribution in [0.1, 0.15) is 19.3 Å². The van der Waals surface area contributed by atoms with Gasteiger partial charge in [-0.3, -0.25) is 14.3 Å². The van der Waals surface area contributed by atoms with Gasteiger partial charge < -0.3 is 4.90 Å². The number of nitrogens with zero attached hydrogens (tertiary/aromatic N) is 2. The van der Waals surface area contributed by atoms with Gasteiger partial charge in [0.2, 0.25) is 0 Å². The number of fused-ring (bicyclic) bond motifs is 1. The Morgan fingerprint density at radius 2 is 2.06 bits per heavy atom. The summed E-state index contributed by atoms with van der Waals surface area (Å²) in [5.74, 6) is -0.854. The minimum atomic E-state index is -4.52. The molecule has 0 amide bonds. The average Bonchev–Trinajstić information content (AvgIpc) is 3.09. The summed E-state index contributed by atoms with van der Waals surface area (Å²) in [4.78, 5) is 29.7. The molecule has 1 aliphatic heterocycles. The molecule has 10 heteroatoms. The standard InChI is InChI=1S/C23H23F4N3O2S/c24-18-9-14(23(25,26)27)4-5-17(18)22-10-15(22)11-29(13-22)6-2-7-30-12-16(19-3-1-8-33-19)20(31)28-21(30)32/h1,3-4,8-9,12,15,17H,2,5-7,10-11,13H2,(H,28,31,32)/t15-,17+,22-/m0/s1. The molecule has 5 nitrogen and oxygen atoms in total. The number of hydrogen-bond donors (Lipinski definition) is 1. The van der Waals surface area contributed by atoms with Crippen molar-refractivity contribution in [3.05, 3.63) is 68.1 Å². The second-order valence-electron chi connectivity index (χ2n) is 9.17. The van der Waals surface area contributed by atoms with E-state index in [1.54, 1.807) is 6.20 Å². The number of thiophene rings is 1. The summed E-state index contributed by atoms with van der Waals surface area (Å²) in [6, 6.07) is 3.67. The third kappa shape index (κ3) is 4.14. The topological polar surface area (TPSA) is 58.1 Å². The monoisotopic (exact) mass is 481 g/mol. The van der Waals surface area contributed by atoms with Gasteiger partial charge in [-0.15, -0.1) is 11.3 Å². The highest BCUT2D eigenvalue weighted by molar-refractivity contribution is 7.13. The van der Waals surface area contributed by atoms with E-state index in [4.69, 9.17) is 0 Å². The summed E-state index contributed by atoms with van der Waals surface area (Å²) < 4.78 is 54.8. The molecular formula is C23H23F4N3O2S.